The van der Waals surface area contributed by atoms with Gasteiger partial charge in [-0.1, -0.05) is 37.6 Å². The number of benzene rings is 1. The standard InChI is InChI=1S/C15H24ClNOS/c1-4-9-17-12(2)10-13(3)19(18)11-14-5-7-15(16)8-6-14/h5-8,12-13,17H,4,9-11H2,1-3H3. The van der Waals surface area contributed by atoms with Crippen LogP contribution in [0.25, 0.3) is 0 Å². The molecule has 0 bridgehead atoms. The maximum atomic E-state index is 12.3. The summed E-state index contributed by atoms with van der Waals surface area (Å²) in [6.07, 6.45) is 2.08. The van der Waals surface area contributed by atoms with Crippen LogP contribution in [0.5, 0.6) is 0 Å². The van der Waals surface area contributed by atoms with Gasteiger partial charge in [0, 0.05) is 32.9 Å². The average molecular weight is 302 g/mol. The average Bonchev–Trinajstić information content (AvgIpc) is 2.39. The van der Waals surface area contributed by atoms with Crippen LogP contribution < -0.4 is 5.32 Å². The van der Waals surface area contributed by atoms with Crippen LogP contribution in [0.2, 0.25) is 5.02 Å². The van der Waals surface area contributed by atoms with E-state index in [-0.39, 0.29) is 5.25 Å². The lowest BCUT2D eigenvalue weighted by atomic mass is 10.2. The molecule has 3 unspecified atom stereocenters. The molecule has 1 N–H and O–H groups in total. The largest absolute Gasteiger partial charge is 0.314 e. The molecule has 2 nitrogen and oxygen atoms in total. The molecule has 0 aliphatic rings. The van der Waals surface area contributed by atoms with E-state index in [1.807, 2.05) is 24.3 Å². The SMILES string of the molecule is CCCNC(C)CC(C)S(=O)Cc1ccc(Cl)cc1. The fourth-order valence-corrected chi connectivity index (χ4v) is 3.40. The first kappa shape index (κ1) is 16.7. The van der Waals surface area contributed by atoms with Crippen molar-refractivity contribution in [2.45, 2.75) is 50.7 Å². The monoisotopic (exact) mass is 301 g/mol. The molecule has 0 saturated carbocycles. The first-order valence-electron chi connectivity index (χ1n) is 6.88. The summed E-state index contributed by atoms with van der Waals surface area (Å²) in [7, 11) is -0.832. The van der Waals surface area contributed by atoms with Gasteiger partial charge in [-0.05, 0) is 44.0 Å². The Balaban J connectivity index is 2.42. The van der Waals surface area contributed by atoms with Crippen molar-refractivity contribution in [3.63, 3.8) is 0 Å². The first-order valence-corrected chi connectivity index (χ1v) is 8.64. The minimum absolute atomic E-state index is 0.204. The lowest BCUT2D eigenvalue weighted by molar-refractivity contribution is 0.508. The Kier molecular flexibility index (Phi) is 7.66. The van der Waals surface area contributed by atoms with Crippen molar-refractivity contribution >= 4 is 22.4 Å². The number of hydrogen-bond donors (Lipinski definition) is 1. The van der Waals surface area contributed by atoms with Gasteiger partial charge in [0.15, 0.2) is 0 Å². The van der Waals surface area contributed by atoms with Crippen molar-refractivity contribution < 1.29 is 4.21 Å². The van der Waals surface area contributed by atoms with E-state index in [0.29, 0.717) is 11.8 Å². The highest BCUT2D eigenvalue weighted by molar-refractivity contribution is 7.84. The molecular formula is C15H24ClNOS. The molecule has 4 heteroatoms. The summed E-state index contributed by atoms with van der Waals surface area (Å²) in [6.45, 7) is 7.40. The highest BCUT2D eigenvalue weighted by atomic mass is 35.5. The molecule has 3 atom stereocenters. The maximum Gasteiger partial charge on any atom is 0.0488 e. The Morgan fingerprint density at radius 1 is 1.26 bits per heavy atom. The molecule has 0 aliphatic heterocycles. The van der Waals surface area contributed by atoms with Crippen molar-refractivity contribution in [3.8, 4) is 0 Å². The third-order valence-electron chi connectivity index (χ3n) is 3.10. The van der Waals surface area contributed by atoms with E-state index in [9.17, 15) is 4.21 Å². The Labute approximate surface area is 124 Å². The summed E-state index contributed by atoms with van der Waals surface area (Å²) in [6, 6.07) is 8.02. The zero-order valence-electron chi connectivity index (χ0n) is 12.0. The molecule has 0 radical (unpaired) electrons. The van der Waals surface area contributed by atoms with E-state index >= 15 is 0 Å². The van der Waals surface area contributed by atoms with Crippen molar-refractivity contribution in [2.24, 2.45) is 0 Å². The van der Waals surface area contributed by atoms with Gasteiger partial charge in [-0.15, -0.1) is 0 Å². The second-order valence-electron chi connectivity index (χ2n) is 5.05. The van der Waals surface area contributed by atoms with Crippen LogP contribution >= 0.6 is 11.6 Å². The minimum Gasteiger partial charge on any atom is -0.314 e. The molecule has 1 aromatic rings. The van der Waals surface area contributed by atoms with Crippen LogP contribution in [0.3, 0.4) is 0 Å². The molecule has 1 rings (SSSR count). The molecule has 108 valence electrons. The summed E-state index contributed by atoms with van der Waals surface area (Å²) in [5.74, 6) is 0.610. The fourth-order valence-electron chi connectivity index (χ4n) is 1.97. The Hall–Kier alpha value is -0.380. The predicted octanol–water partition coefficient (Wildman–Crippen LogP) is 3.76. The lowest BCUT2D eigenvalue weighted by Gasteiger charge is -2.18. The van der Waals surface area contributed by atoms with Gasteiger partial charge in [-0.2, -0.15) is 0 Å². The van der Waals surface area contributed by atoms with Crippen LogP contribution in [0.1, 0.15) is 39.2 Å². The zero-order valence-corrected chi connectivity index (χ0v) is 13.6. The first-order chi connectivity index (χ1) is 9.02. The number of rotatable bonds is 8. The molecule has 0 amide bonds. The Morgan fingerprint density at radius 3 is 2.47 bits per heavy atom. The van der Waals surface area contributed by atoms with Gasteiger partial charge in [-0.25, -0.2) is 0 Å². The zero-order chi connectivity index (χ0) is 14.3. The Bertz CT molecular complexity index is 394. The van der Waals surface area contributed by atoms with Crippen LogP contribution in [0.15, 0.2) is 24.3 Å². The molecule has 0 heterocycles. The van der Waals surface area contributed by atoms with Crippen molar-refractivity contribution in [1.29, 1.82) is 0 Å². The van der Waals surface area contributed by atoms with Crippen LogP contribution in [-0.4, -0.2) is 22.0 Å². The van der Waals surface area contributed by atoms with Gasteiger partial charge in [0.1, 0.15) is 0 Å². The van der Waals surface area contributed by atoms with Crippen LogP contribution in [-0.2, 0) is 16.6 Å². The topological polar surface area (TPSA) is 29.1 Å². The second kappa shape index (κ2) is 8.72. The highest BCUT2D eigenvalue weighted by Crippen LogP contribution is 2.14. The molecular weight excluding hydrogens is 278 g/mol. The van der Waals surface area contributed by atoms with Gasteiger partial charge in [-0.3, -0.25) is 4.21 Å². The molecule has 0 aliphatic carbocycles. The molecule has 0 fully saturated rings. The van der Waals surface area contributed by atoms with Gasteiger partial charge >= 0.3 is 0 Å². The molecule has 19 heavy (non-hydrogen) atoms. The van der Waals surface area contributed by atoms with E-state index in [2.05, 4.69) is 26.1 Å². The van der Waals surface area contributed by atoms with Gasteiger partial charge in [0.05, 0.1) is 0 Å². The van der Waals surface area contributed by atoms with E-state index < -0.39 is 10.8 Å². The normalized spacial score (nSPS) is 16.0. The molecule has 0 saturated heterocycles. The quantitative estimate of drug-likeness (QED) is 0.792. The van der Waals surface area contributed by atoms with Gasteiger partial charge in [0.2, 0.25) is 0 Å². The molecule has 0 spiro atoms. The number of hydrogen-bond acceptors (Lipinski definition) is 2. The summed E-state index contributed by atoms with van der Waals surface area (Å²) >= 11 is 5.84. The van der Waals surface area contributed by atoms with E-state index in [4.69, 9.17) is 11.6 Å². The fraction of sp³-hybridized carbons (Fsp3) is 0.600. The third kappa shape index (κ3) is 6.55. The minimum atomic E-state index is -0.832. The molecule has 0 aromatic heterocycles. The third-order valence-corrected chi connectivity index (χ3v) is 5.06. The van der Waals surface area contributed by atoms with E-state index in [1.54, 1.807) is 0 Å². The Morgan fingerprint density at radius 2 is 1.89 bits per heavy atom. The second-order valence-corrected chi connectivity index (χ2v) is 7.34. The summed E-state index contributed by atoms with van der Waals surface area (Å²) in [5, 5.41) is 4.36. The van der Waals surface area contributed by atoms with Gasteiger partial charge in [0.25, 0.3) is 0 Å². The van der Waals surface area contributed by atoms with E-state index in [0.717, 1.165) is 30.0 Å². The summed E-state index contributed by atoms with van der Waals surface area (Å²) in [5.41, 5.74) is 1.09. The van der Waals surface area contributed by atoms with Crippen molar-refractivity contribution in [1.82, 2.24) is 5.32 Å². The van der Waals surface area contributed by atoms with Crippen molar-refractivity contribution in [2.75, 3.05) is 6.54 Å². The number of halogens is 1. The maximum absolute atomic E-state index is 12.3. The highest BCUT2D eigenvalue weighted by Gasteiger charge is 2.15. The summed E-state index contributed by atoms with van der Waals surface area (Å²) in [4.78, 5) is 0. The number of nitrogens with one attached hydrogen (secondary N) is 1. The van der Waals surface area contributed by atoms with Crippen LogP contribution in [0.4, 0.5) is 0 Å². The summed E-state index contributed by atoms with van der Waals surface area (Å²) < 4.78 is 12.3. The smallest absolute Gasteiger partial charge is 0.0488 e. The van der Waals surface area contributed by atoms with Crippen molar-refractivity contribution in [3.05, 3.63) is 34.9 Å². The van der Waals surface area contributed by atoms with Crippen LogP contribution in [0, 0.1) is 0 Å². The van der Waals surface area contributed by atoms with E-state index in [1.165, 1.54) is 0 Å². The molecule has 1 aromatic carbocycles. The lowest BCUT2D eigenvalue weighted by Crippen LogP contribution is -2.31. The predicted molar refractivity (Wildman–Crippen MR) is 85.1 cm³/mol. The van der Waals surface area contributed by atoms with Gasteiger partial charge < -0.3 is 5.32 Å².